The Balaban J connectivity index is 1.45. The van der Waals surface area contributed by atoms with Gasteiger partial charge in [0.15, 0.2) is 0 Å². The summed E-state index contributed by atoms with van der Waals surface area (Å²) in [6.07, 6.45) is 0. The molecule has 1 unspecified atom stereocenters. The number of methoxy groups -OCH3 is 1. The van der Waals surface area contributed by atoms with Gasteiger partial charge in [-0.3, -0.25) is 9.69 Å². The van der Waals surface area contributed by atoms with Crippen molar-refractivity contribution in [1.29, 1.82) is 0 Å². The minimum Gasteiger partial charge on any atom is -0.496 e. The van der Waals surface area contributed by atoms with Crippen LogP contribution in [0.1, 0.15) is 28.7 Å². The van der Waals surface area contributed by atoms with Crippen molar-refractivity contribution >= 4 is 16.9 Å². The van der Waals surface area contributed by atoms with Crippen molar-refractivity contribution < 1.29 is 9.53 Å². The van der Waals surface area contributed by atoms with Crippen LogP contribution in [0.15, 0.2) is 42.5 Å². The van der Waals surface area contributed by atoms with E-state index < -0.39 is 0 Å². The van der Waals surface area contributed by atoms with E-state index in [0.717, 1.165) is 48.8 Å². The zero-order chi connectivity index (χ0) is 19.7. The minimum absolute atomic E-state index is 0.0820. The molecular formula is C22H26N4O2. The van der Waals surface area contributed by atoms with Crippen molar-refractivity contribution in [2.45, 2.75) is 26.4 Å². The lowest BCUT2D eigenvalue weighted by molar-refractivity contribution is 0.0474. The molecule has 0 spiro atoms. The summed E-state index contributed by atoms with van der Waals surface area (Å²) < 4.78 is 5.47. The van der Waals surface area contributed by atoms with E-state index in [1.165, 1.54) is 5.56 Å². The van der Waals surface area contributed by atoms with Gasteiger partial charge in [-0.05, 0) is 38.1 Å². The molecule has 28 heavy (non-hydrogen) atoms. The molecule has 1 fully saturated rings. The third-order valence-electron chi connectivity index (χ3n) is 5.41. The summed E-state index contributed by atoms with van der Waals surface area (Å²) in [4.78, 5) is 25.1. The van der Waals surface area contributed by atoms with Crippen LogP contribution in [0.5, 0.6) is 5.75 Å². The maximum atomic E-state index is 13.1. The number of para-hydroxylation sites is 1. The van der Waals surface area contributed by atoms with Gasteiger partial charge in [0, 0.05) is 43.3 Å². The predicted octanol–water partition coefficient (Wildman–Crippen LogP) is 3.23. The zero-order valence-electron chi connectivity index (χ0n) is 16.6. The van der Waals surface area contributed by atoms with Crippen molar-refractivity contribution in [1.82, 2.24) is 19.8 Å². The number of nitrogens with one attached hydrogen (secondary N) is 1. The highest BCUT2D eigenvalue weighted by molar-refractivity contribution is 5.97. The number of ether oxygens (including phenoxy) is 1. The molecular weight excluding hydrogens is 352 g/mol. The van der Waals surface area contributed by atoms with Crippen LogP contribution >= 0.6 is 0 Å². The van der Waals surface area contributed by atoms with Crippen LogP contribution in [0.25, 0.3) is 11.0 Å². The van der Waals surface area contributed by atoms with Crippen molar-refractivity contribution in [2.75, 3.05) is 26.7 Å². The molecule has 2 aromatic carbocycles. The molecule has 1 N–H and O–H groups in total. The van der Waals surface area contributed by atoms with E-state index in [0.29, 0.717) is 5.56 Å². The first-order valence-corrected chi connectivity index (χ1v) is 9.66. The Bertz CT molecular complexity index is 997. The third-order valence-corrected chi connectivity index (χ3v) is 5.41. The van der Waals surface area contributed by atoms with Crippen LogP contribution < -0.4 is 4.74 Å². The number of aryl methyl sites for hydroxylation is 1. The lowest BCUT2D eigenvalue weighted by Crippen LogP contribution is -2.53. The molecule has 0 bridgehead atoms. The second kappa shape index (κ2) is 7.64. The molecule has 1 aromatic heterocycles. The molecule has 1 atom stereocenters. The van der Waals surface area contributed by atoms with Crippen LogP contribution in [0.4, 0.5) is 0 Å². The van der Waals surface area contributed by atoms with Gasteiger partial charge in [-0.2, -0.15) is 0 Å². The Labute approximate surface area is 165 Å². The molecule has 1 aliphatic rings. The van der Waals surface area contributed by atoms with Crippen LogP contribution in [-0.2, 0) is 6.54 Å². The SMILES string of the molecule is COc1ccccc1CN1CCN(C(=O)c2ccc3nc(C)[nH]c3c2)C(C)C1. The van der Waals surface area contributed by atoms with E-state index in [4.69, 9.17) is 4.74 Å². The van der Waals surface area contributed by atoms with Gasteiger partial charge in [0.2, 0.25) is 0 Å². The van der Waals surface area contributed by atoms with Gasteiger partial charge >= 0.3 is 0 Å². The quantitative estimate of drug-likeness (QED) is 0.757. The number of H-pyrrole nitrogens is 1. The Hall–Kier alpha value is -2.86. The number of hydrogen-bond acceptors (Lipinski definition) is 4. The number of rotatable bonds is 4. The number of aromatic amines is 1. The van der Waals surface area contributed by atoms with Gasteiger partial charge in [-0.25, -0.2) is 4.98 Å². The number of imidazole rings is 1. The molecule has 3 aromatic rings. The van der Waals surface area contributed by atoms with Crippen LogP contribution in [-0.4, -0.2) is 58.5 Å². The first-order chi connectivity index (χ1) is 13.5. The molecule has 0 saturated carbocycles. The highest BCUT2D eigenvalue weighted by atomic mass is 16.5. The number of hydrogen-bond donors (Lipinski definition) is 1. The topological polar surface area (TPSA) is 61.5 Å². The van der Waals surface area contributed by atoms with Gasteiger partial charge in [-0.15, -0.1) is 0 Å². The standard InChI is InChI=1S/C22H26N4O2/c1-15-13-25(14-18-6-4-5-7-21(18)28-3)10-11-26(15)22(27)17-8-9-19-20(12-17)24-16(2)23-19/h4-9,12,15H,10-11,13-14H2,1-3H3,(H,23,24). The van der Waals surface area contributed by atoms with Gasteiger partial charge < -0.3 is 14.6 Å². The van der Waals surface area contributed by atoms with Crippen molar-refractivity contribution in [3.05, 3.63) is 59.4 Å². The van der Waals surface area contributed by atoms with Crippen molar-refractivity contribution in [3.8, 4) is 5.75 Å². The molecule has 6 heteroatoms. The van der Waals surface area contributed by atoms with Crippen LogP contribution in [0, 0.1) is 6.92 Å². The highest BCUT2D eigenvalue weighted by Crippen LogP contribution is 2.22. The first kappa shape index (κ1) is 18.5. The number of nitrogens with zero attached hydrogens (tertiary/aromatic N) is 3. The molecule has 4 rings (SSSR count). The molecule has 1 amide bonds. The maximum Gasteiger partial charge on any atom is 0.254 e. The van der Waals surface area contributed by atoms with Gasteiger partial charge in [0.1, 0.15) is 11.6 Å². The largest absolute Gasteiger partial charge is 0.496 e. The Kier molecular flexibility index (Phi) is 5.05. The van der Waals surface area contributed by atoms with Crippen molar-refractivity contribution in [3.63, 3.8) is 0 Å². The average molecular weight is 378 g/mol. The van der Waals surface area contributed by atoms with E-state index in [1.807, 2.05) is 48.2 Å². The van der Waals surface area contributed by atoms with Gasteiger partial charge in [0.05, 0.1) is 18.1 Å². The lowest BCUT2D eigenvalue weighted by atomic mass is 10.1. The molecule has 1 aliphatic heterocycles. The summed E-state index contributed by atoms with van der Waals surface area (Å²) in [6, 6.07) is 14.0. The summed E-state index contributed by atoms with van der Waals surface area (Å²) in [5.74, 6) is 1.85. The smallest absolute Gasteiger partial charge is 0.254 e. The van der Waals surface area contributed by atoms with E-state index in [1.54, 1.807) is 7.11 Å². The second-order valence-corrected chi connectivity index (χ2v) is 7.45. The van der Waals surface area contributed by atoms with Crippen molar-refractivity contribution in [2.24, 2.45) is 0 Å². The van der Waals surface area contributed by atoms with E-state index in [-0.39, 0.29) is 11.9 Å². The summed E-state index contributed by atoms with van der Waals surface area (Å²) in [5, 5.41) is 0. The number of benzene rings is 2. The van der Waals surface area contributed by atoms with Gasteiger partial charge in [0.25, 0.3) is 5.91 Å². The fraction of sp³-hybridized carbons (Fsp3) is 0.364. The number of amides is 1. The maximum absolute atomic E-state index is 13.1. The van der Waals surface area contributed by atoms with Crippen LogP contribution in [0.3, 0.4) is 0 Å². The van der Waals surface area contributed by atoms with Crippen LogP contribution in [0.2, 0.25) is 0 Å². The summed E-state index contributed by atoms with van der Waals surface area (Å²) in [7, 11) is 1.70. The molecule has 1 saturated heterocycles. The number of aromatic nitrogens is 2. The lowest BCUT2D eigenvalue weighted by Gasteiger charge is -2.40. The highest BCUT2D eigenvalue weighted by Gasteiger charge is 2.28. The fourth-order valence-corrected chi connectivity index (χ4v) is 3.99. The number of piperazine rings is 1. The Morgan fingerprint density at radius 1 is 1.25 bits per heavy atom. The monoisotopic (exact) mass is 378 g/mol. The molecule has 0 radical (unpaired) electrons. The van der Waals surface area contributed by atoms with E-state index in [9.17, 15) is 4.79 Å². The first-order valence-electron chi connectivity index (χ1n) is 9.66. The zero-order valence-corrected chi connectivity index (χ0v) is 16.6. The van der Waals surface area contributed by atoms with E-state index >= 15 is 0 Å². The Morgan fingerprint density at radius 2 is 2.07 bits per heavy atom. The molecule has 2 heterocycles. The summed E-state index contributed by atoms with van der Waals surface area (Å²) in [6.45, 7) is 7.27. The van der Waals surface area contributed by atoms with E-state index in [2.05, 4.69) is 27.9 Å². The second-order valence-electron chi connectivity index (χ2n) is 7.45. The summed E-state index contributed by atoms with van der Waals surface area (Å²) >= 11 is 0. The van der Waals surface area contributed by atoms with Gasteiger partial charge in [-0.1, -0.05) is 18.2 Å². The summed E-state index contributed by atoms with van der Waals surface area (Å²) in [5.41, 5.74) is 3.69. The third kappa shape index (κ3) is 3.60. The molecule has 6 nitrogen and oxygen atoms in total. The Morgan fingerprint density at radius 3 is 2.86 bits per heavy atom. The molecule has 146 valence electrons. The average Bonchev–Trinajstić information content (AvgIpc) is 3.07. The number of fused-ring (bicyclic) bond motifs is 1. The normalized spacial score (nSPS) is 17.8. The number of carbonyl (C=O) groups excluding carboxylic acids is 1. The molecule has 0 aliphatic carbocycles. The minimum atomic E-state index is 0.0820. The number of carbonyl (C=O) groups is 1. The predicted molar refractivity (Wildman–Crippen MR) is 110 cm³/mol. The fourth-order valence-electron chi connectivity index (χ4n) is 3.99.